The molecule has 0 saturated carbocycles. The van der Waals surface area contributed by atoms with Crippen LogP contribution in [0.3, 0.4) is 0 Å². The summed E-state index contributed by atoms with van der Waals surface area (Å²) in [5.41, 5.74) is 0.810. The summed E-state index contributed by atoms with van der Waals surface area (Å²) < 4.78 is 1.71. The van der Waals surface area contributed by atoms with Gasteiger partial charge in [-0.1, -0.05) is 60.0 Å². The van der Waals surface area contributed by atoms with Crippen LogP contribution in [0.4, 0.5) is 5.69 Å². The molecule has 0 unspecified atom stereocenters. The van der Waals surface area contributed by atoms with Crippen LogP contribution in [0.1, 0.15) is 20.3 Å². The highest BCUT2D eigenvalue weighted by molar-refractivity contribution is 8.03. The summed E-state index contributed by atoms with van der Waals surface area (Å²) in [4.78, 5) is 14.5. The summed E-state index contributed by atoms with van der Waals surface area (Å²) in [5, 5.41) is 16.8. The van der Waals surface area contributed by atoms with Gasteiger partial charge in [0.05, 0.1) is 17.7 Å². The fourth-order valence-electron chi connectivity index (χ4n) is 1.98. The highest BCUT2D eigenvalue weighted by atomic mass is 32.2. The lowest BCUT2D eigenvalue weighted by molar-refractivity contribution is -0.117. The molecule has 0 N–H and O–H groups in total. The van der Waals surface area contributed by atoms with Crippen LogP contribution in [0, 0.1) is 11.3 Å². The third-order valence-electron chi connectivity index (χ3n) is 3.06. The standard InChI is InChI=1S/C16H18N4OS3/c1-3-22-15-18-19-16(24-15)23-12(2)14(21)20(11-7-10-17)13-8-5-4-6-9-13/h4-6,8-9,12H,3,7,11H2,1-2H3/t12-/m0/s1. The van der Waals surface area contributed by atoms with Gasteiger partial charge in [0.15, 0.2) is 8.68 Å². The molecule has 0 radical (unpaired) electrons. The van der Waals surface area contributed by atoms with Crippen molar-refractivity contribution < 1.29 is 4.79 Å². The molecule has 8 heteroatoms. The molecular formula is C16H18N4OS3. The van der Waals surface area contributed by atoms with E-state index in [2.05, 4.69) is 23.2 Å². The number of benzene rings is 1. The SMILES string of the molecule is CCSc1nnc(S[C@@H](C)C(=O)N(CCC#N)c2ccccc2)s1. The number of carbonyl (C=O) groups is 1. The van der Waals surface area contributed by atoms with Gasteiger partial charge in [0.25, 0.3) is 0 Å². The van der Waals surface area contributed by atoms with E-state index in [-0.39, 0.29) is 11.2 Å². The van der Waals surface area contributed by atoms with Crippen molar-refractivity contribution in [1.29, 1.82) is 5.26 Å². The second-order valence-corrected chi connectivity index (χ2v) is 8.84. The molecule has 0 aliphatic rings. The van der Waals surface area contributed by atoms with E-state index in [9.17, 15) is 4.79 Å². The summed E-state index contributed by atoms with van der Waals surface area (Å²) in [6, 6.07) is 11.6. The Kier molecular flexibility index (Phi) is 7.56. The molecule has 24 heavy (non-hydrogen) atoms. The maximum atomic E-state index is 12.8. The van der Waals surface area contributed by atoms with Gasteiger partial charge in [-0.05, 0) is 24.8 Å². The highest BCUT2D eigenvalue weighted by Crippen LogP contribution is 2.32. The molecule has 1 heterocycles. The number of anilines is 1. The zero-order valence-electron chi connectivity index (χ0n) is 13.5. The van der Waals surface area contributed by atoms with Crippen LogP contribution in [0.15, 0.2) is 39.0 Å². The Hall–Kier alpha value is -1.56. The van der Waals surface area contributed by atoms with Gasteiger partial charge in [-0.15, -0.1) is 10.2 Å². The highest BCUT2D eigenvalue weighted by Gasteiger charge is 2.24. The van der Waals surface area contributed by atoms with E-state index >= 15 is 0 Å². The van der Waals surface area contributed by atoms with Crippen molar-refractivity contribution in [2.45, 2.75) is 34.2 Å². The van der Waals surface area contributed by atoms with E-state index in [4.69, 9.17) is 5.26 Å². The van der Waals surface area contributed by atoms with Crippen molar-refractivity contribution in [3.05, 3.63) is 30.3 Å². The minimum Gasteiger partial charge on any atom is -0.310 e. The first-order valence-electron chi connectivity index (χ1n) is 7.52. The Morgan fingerprint density at radius 1 is 1.33 bits per heavy atom. The Labute approximate surface area is 154 Å². The van der Waals surface area contributed by atoms with E-state index < -0.39 is 0 Å². The van der Waals surface area contributed by atoms with Gasteiger partial charge in [-0.25, -0.2) is 0 Å². The summed E-state index contributed by atoms with van der Waals surface area (Å²) in [6.07, 6.45) is 0.300. The lowest BCUT2D eigenvalue weighted by atomic mass is 10.2. The number of amides is 1. The third-order valence-corrected chi connectivity index (χ3v) is 6.17. The summed E-state index contributed by atoms with van der Waals surface area (Å²) in [5.74, 6) is 0.922. The van der Waals surface area contributed by atoms with Crippen LogP contribution in [0.2, 0.25) is 0 Å². The average molecular weight is 379 g/mol. The monoisotopic (exact) mass is 378 g/mol. The van der Waals surface area contributed by atoms with Gasteiger partial charge in [-0.2, -0.15) is 5.26 Å². The zero-order valence-corrected chi connectivity index (χ0v) is 16.0. The van der Waals surface area contributed by atoms with Crippen LogP contribution in [-0.2, 0) is 4.79 Å². The Bertz CT molecular complexity index is 699. The molecule has 1 aromatic carbocycles. The normalized spacial score (nSPS) is 11.7. The van der Waals surface area contributed by atoms with E-state index in [1.807, 2.05) is 37.3 Å². The number of thioether (sulfide) groups is 2. The van der Waals surface area contributed by atoms with Gasteiger partial charge in [0.1, 0.15) is 0 Å². The number of para-hydroxylation sites is 1. The van der Waals surface area contributed by atoms with E-state index in [0.717, 1.165) is 20.1 Å². The lowest BCUT2D eigenvalue weighted by Crippen LogP contribution is -2.37. The number of hydrogen-bond donors (Lipinski definition) is 0. The fourth-order valence-corrected chi connectivity index (χ4v) is 5.11. The van der Waals surface area contributed by atoms with Crippen molar-refractivity contribution >= 4 is 46.5 Å². The van der Waals surface area contributed by atoms with E-state index in [0.29, 0.717) is 13.0 Å². The molecule has 2 rings (SSSR count). The molecule has 5 nitrogen and oxygen atoms in total. The fraction of sp³-hybridized carbons (Fsp3) is 0.375. The second kappa shape index (κ2) is 9.67. The average Bonchev–Trinajstić information content (AvgIpc) is 3.03. The molecule has 0 fully saturated rings. The zero-order chi connectivity index (χ0) is 17.4. The van der Waals surface area contributed by atoms with Gasteiger partial charge in [0.2, 0.25) is 5.91 Å². The molecule has 1 atom stereocenters. The summed E-state index contributed by atoms with van der Waals surface area (Å²) in [7, 11) is 0. The van der Waals surface area contributed by atoms with Gasteiger partial charge < -0.3 is 4.90 Å². The maximum absolute atomic E-state index is 12.8. The van der Waals surface area contributed by atoms with Crippen molar-refractivity contribution in [2.24, 2.45) is 0 Å². The largest absolute Gasteiger partial charge is 0.310 e. The quantitative estimate of drug-likeness (QED) is 0.645. The van der Waals surface area contributed by atoms with Crippen LogP contribution in [-0.4, -0.2) is 33.7 Å². The minimum atomic E-state index is -0.295. The molecule has 1 aromatic heterocycles. The molecule has 1 amide bonds. The lowest BCUT2D eigenvalue weighted by Gasteiger charge is -2.24. The van der Waals surface area contributed by atoms with Crippen LogP contribution >= 0.6 is 34.9 Å². The maximum Gasteiger partial charge on any atom is 0.240 e. The first-order chi connectivity index (χ1) is 11.7. The molecule has 0 saturated heterocycles. The molecule has 0 spiro atoms. The topological polar surface area (TPSA) is 69.9 Å². The van der Waals surface area contributed by atoms with Crippen LogP contribution in [0.5, 0.6) is 0 Å². The Balaban J connectivity index is 2.08. The van der Waals surface area contributed by atoms with Gasteiger partial charge in [-0.3, -0.25) is 4.79 Å². The number of hydrogen-bond acceptors (Lipinski definition) is 7. The van der Waals surface area contributed by atoms with Gasteiger partial charge in [0, 0.05) is 12.2 Å². The van der Waals surface area contributed by atoms with Crippen LogP contribution in [0.25, 0.3) is 0 Å². The molecule has 0 aliphatic carbocycles. The smallest absolute Gasteiger partial charge is 0.240 e. The number of rotatable bonds is 8. The Morgan fingerprint density at radius 2 is 2.04 bits per heavy atom. The molecule has 0 aliphatic heterocycles. The molecule has 126 valence electrons. The number of carbonyl (C=O) groups excluding carboxylic acids is 1. The number of nitriles is 1. The second-order valence-electron chi connectivity index (χ2n) is 4.76. The number of nitrogens with zero attached hydrogens (tertiary/aromatic N) is 4. The van der Waals surface area contributed by atoms with E-state index in [1.54, 1.807) is 16.7 Å². The molecule has 0 bridgehead atoms. The first kappa shape index (κ1) is 18.8. The van der Waals surface area contributed by atoms with Crippen LogP contribution < -0.4 is 4.90 Å². The molecule has 2 aromatic rings. The van der Waals surface area contributed by atoms with Gasteiger partial charge >= 0.3 is 0 Å². The predicted octanol–water partition coefficient (Wildman–Crippen LogP) is 4.08. The predicted molar refractivity (Wildman–Crippen MR) is 101 cm³/mol. The van der Waals surface area contributed by atoms with Crippen molar-refractivity contribution in [3.8, 4) is 6.07 Å². The molecular weight excluding hydrogens is 360 g/mol. The third kappa shape index (κ3) is 5.23. The summed E-state index contributed by atoms with van der Waals surface area (Å²) in [6.45, 7) is 4.32. The van der Waals surface area contributed by atoms with E-state index in [1.165, 1.54) is 23.1 Å². The summed E-state index contributed by atoms with van der Waals surface area (Å²) >= 11 is 4.57. The minimum absolute atomic E-state index is 0.0265. The Morgan fingerprint density at radius 3 is 2.71 bits per heavy atom. The van der Waals surface area contributed by atoms with Crippen molar-refractivity contribution in [1.82, 2.24) is 10.2 Å². The number of aromatic nitrogens is 2. The first-order valence-corrected chi connectivity index (χ1v) is 10.2. The van der Waals surface area contributed by atoms with Crippen molar-refractivity contribution in [3.63, 3.8) is 0 Å². The van der Waals surface area contributed by atoms with Crippen molar-refractivity contribution in [2.75, 3.05) is 17.2 Å².